The average Bonchev–Trinajstić information content (AvgIpc) is 2.47. The molecular formula is C15H17BrFN5. The van der Waals surface area contributed by atoms with Crippen molar-refractivity contribution in [1.29, 1.82) is 0 Å². The van der Waals surface area contributed by atoms with Crippen LogP contribution in [0.4, 0.5) is 16.0 Å². The van der Waals surface area contributed by atoms with Crippen LogP contribution in [0.2, 0.25) is 0 Å². The maximum Gasteiger partial charge on any atom is 0.166 e. The molecule has 0 aliphatic carbocycles. The molecule has 22 heavy (non-hydrogen) atoms. The fourth-order valence-corrected chi connectivity index (χ4v) is 2.97. The van der Waals surface area contributed by atoms with Gasteiger partial charge in [-0.05, 0) is 41.8 Å². The Labute approximate surface area is 137 Å². The number of rotatable bonds is 3. The summed E-state index contributed by atoms with van der Waals surface area (Å²) in [5.41, 5.74) is 0.922. The van der Waals surface area contributed by atoms with Gasteiger partial charge in [0.15, 0.2) is 11.6 Å². The molecule has 3 rings (SSSR count). The van der Waals surface area contributed by atoms with E-state index in [0.717, 1.165) is 30.9 Å². The van der Waals surface area contributed by atoms with E-state index in [1.807, 2.05) is 17.9 Å². The SMILES string of the molecule is Cc1cc(NC2CCCN(c3ncc(Br)cc3F)C2)ncn1. The number of aryl methyl sites for hydroxylation is 1. The van der Waals surface area contributed by atoms with Gasteiger partial charge >= 0.3 is 0 Å². The number of hydrogen-bond donors (Lipinski definition) is 1. The predicted molar refractivity (Wildman–Crippen MR) is 87.5 cm³/mol. The lowest BCUT2D eigenvalue weighted by Gasteiger charge is -2.34. The van der Waals surface area contributed by atoms with E-state index in [1.165, 1.54) is 6.07 Å². The summed E-state index contributed by atoms with van der Waals surface area (Å²) in [7, 11) is 0. The van der Waals surface area contributed by atoms with Gasteiger partial charge in [-0.1, -0.05) is 0 Å². The molecule has 0 amide bonds. The molecule has 3 heterocycles. The molecule has 1 saturated heterocycles. The number of hydrogen-bond acceptors (Lipinski definition) is 5. The summed E-state index contributed by atoms with van der Waals surface area (Å²) in [5, 5.41) is 3.40. The molecule has 0 spiro atoms. The third-order valence-electron chi connectivity index (χ3n) is 3.67. The summed E-state index contributed by atoms with van der Waals surface area (Å²) in [5.74, 6) is 0.921. The number of nitrogens with one attached hydrogen (secondary N) is 1. The van der Waals surface area contributed by atoms with Gasteiger partial charge in [-0.2, -0.15) is 0 Å². The minimum atomic E-state index is -0.298. The third kappa shape index (κ3) is 3.52. The fraction of sp³-hybridized carbons (Fsp3) is 0.400. The van der Waals surface area contributed by atoms with Crippen LogP contribution in [0.15, 0.2) is 29.1 Å². The summed E-state index contributed by atoms with van der Waals surface area (Å²) in [4.78, 5) is 14.5. The first-order valence-electron chi connectivity index (χ1n) is 7.23. The Bertz CT molecular complexity index is 666. The molecule has 0 saturated carbocycles. The van der Waals surface area contributed by atoms with Crippen LogP contribution in [0, 0.1) is 12.7 Å². The first kappa shape index (κ1) is 15.1. The smallest absolute Gasteiger partial charge is 0.166 e. The maximum absolute atomic E-state index is 14.1. The molecule has 1 aliphatic heterocycles. The summed E-state index contributed by atoms with van der Waals surface area (Å²) < 4.78 is 14.7. The van der Waals surface area contributed by atoms with Crippen LogP contribution in [0.1, 0.15) is 18.5 Å². The Morgan fingerprint density at radius 2 is 2.18 bits per heavy atom. The van der Waals surface area contributed by atoms with Gasteiger partial charge in [-0.3, -0.25) is 0 Å². The minimum absolute atomic E-state index is 0.216. The fourth-order valence-electron chi connectivity index (χ4n) is 2.67. The molecule has 1 fully saturated rings. The normalized spacial score (nSPS) is 18.3. The number of nitrogens with zero attached hydrogens (tertiary/aromatic N) is 4. The monoisotopic (exact) mass is 365 g/mol. The molecule has 0 aromatic carbocycles. The van der Waals surface area contributed by atoms with Crippen molar-refractivity contribution in [2.24, 2.45) is 0 Å². The van der Waals surface area contributed by atoms with Gasteiger partial charge in [0.05, 0.1) is 0 Å². The first-order valence-corrected chi connectivity index (χ1v) is 8.02. The molecule has 1 atom stereocenters. The number of aromatic nitrogens is 3. The molecule has 1 aliphatic rings. The molecule has 7 heteroatoms. The molecule has 5 nitrogen and oxygen atoms in total. The van der Waals surface area contributed by atoms with Gasteiger partial charge in [0.2, 0.25) is 0 Å². The van der Waals surface area contributed by atoms with E-state index in [0.29, 0.717) is 16.8 Å². The molecule has 0 radical (unpaired) electrons. The molecule has 116 valence electrons. The van der Waals surface area contributed by atoms with Gasteiger partial charge < -0.3 is 10.2 Å². The summed E-state index contributed by atoms with van der Waals surface area (Å²) in [6, 6.07) is 3.58. The second-order valence-corrected chi connectivity index (χ2v) is 6.35. The van der Waals surface area contributed by atoms with Crippen molar-refractivity contribution in [2.45, 2.75) is 25.8 Å². The maximum atomic E-state index is 14.1. The Morgan fingerprint density at radius 3 is 2.95 bits per heavy atom. The summed E-state index contributed by atoms with van der Waals surface area (Å²) in [6.45, 7) is 3.45. The van der Waals surface area contributed by atoms with Crippen molar-refractivity contribution in [1.82, 2.24) is 15.0 Å². The lowest BCUT2D eigenvalue weighted by atomic mass is 10.1. The molecule has 1 unspecified atom stereocenters. The van der Waals surface area contributed by atoms with Gasteiger partial charge in [-0.25, -0.2) is 19.3 Å². The second-order valence-electron chi connectivity index (χ2n) is 5.43. The highest BCUT2D eigenvalue weighted by atomic mass is 79.9. The first-order chi connectivity index (χ1) is 10.6. The van der Waals surface area contributed by atoms with Crippen molar-refractivity contribution >= 4 is 27.6 Å². The lowest BCUT2D eigenvalue weighted by molar-refractivity contribution is 0.512. The number of piperidine rings is 1. The molecule has 1 N–H and O–H groups in total. The minimum Gasteiger partial charge on any atom is -0.365 e. The van der Waals surface area contributed by atoms with Crippen LogP contribution in [-0.4, -0.2) is 34.1 Å². The van der Waals surface area contributed by atoms with Gasteiger partial charge in [0, 0.05) is 41.6 Å². The topological polar surface area (TPSA) is 53.9 Å². The van der Waals surface area contributed by atoms with Gasteiger partial charge in [0.1, 0.15) is 12.1 Å². The molecule has 2 aromatic heterocycles. The van der Waals surface area contributed by atoms with Gasteiger partial charge in [-0.15, -0.1) is 0 Å². The molecular weight excluding hydrogens is 349 g/mol. The van der Waals surface area contributed by atoms with Crippen LogP contribution < -0.4 is 10.2 Å². The van der Waals surface area contributed by atoms with Crippen molar-refractivity contribution in [3.05, 3.63) is 40.6 Å². The zero-order valence-electron chi connectivity index (χ0n) is 12.3. The van der Waals surface area contributed by atoms with E-state index in [9.17, 15) is 4.39 Å². The van der Waals surface area contributed by atoms with E-state index < -0.39 is 0 Å². The highest BCUT2D eigenvalue weighted by molar-refractivity contribution is 9.10. The van der Waals surface area contributed by atoms with Gasteiger partial charge in [0.25, 0.3) is 0 Å². The molecule has 0 bridgehead atoms. The third-order valence-corrected chi connectivity index (χ3v) is 4.10. The Kier molecular flexibility index (Phi) is 4.52. The summed E-state index contributed by atoms with van der Waals surface area (Å²) in [6.07, 6.45) is 5.19. The Balaban J connectivity index is 1.71. The van der Waals surface area contributed by atoms with E-state index >= 15 is 0 Å². The predicted octanol–water partition coefficient (Wildman–Crippen LogP) is 3.16. The molecule has 2 aromatic rings. The Hall–Kier alpha value is -1.76. The number of pyridine rings is 1. The van der Waals surface area contributed by atoms with E-state index in [2.05, 4.69) is 36.2 Å². The summed E-state index contributed by atoms with van der Waals surface area (Å²) >= 11 is 3.24. The van der Waals surface area contributed by atoms with E-state index in [4.69, 9.17) is 0 Å². The van der Waals surface area contributed by atoms with Crippen molar-refractivity contribution < 1.29 is 4.39 Å². The highest BCUT2D eigenvalue weighted by Crippen LogP contribution is 2.24. The van der Waals surface area contributed by atoms with Crippen molar-refractivity contribution in [2.75, 3.05) is 23.3 Å². The largest absolute Gasteiger partial charge is 0.365 e. The average molecular weight is 366 g/mol. The van der Waals surface area contributed by atoms with Crippen LogP contribution in [0.25, 0.3) is 0 Å². The van der Waals surface area contributed by atoms with E-state index in [1.54, 1.807) is 12.5 Å². The van der Waals surface area contributed by atoms with E-state index in [-0.39, 0.29) is 11.9 Å². The number of halogens is 2. The Morgan fingerprint density at radius 1 is 1.32 bits per heavy atom. The zero-order chi connectivity index (χ0) is 15.5. The standard InChI is InChI=1S/C15H17BrFN5/c1-10-5-14(20-9-19-10)21-12-3-2-4-22(8-12)15-13(17)6-11(16)7-18-15/h5-7,9,12H,2-4,8H2,1H3,(H,19,20,21). The van der Waals surface area contributed by atoms with Crippen molar-refractivity contribution in [3.8, 4) is 0 Å². The van der Waals surface area contributed by atoms with Crippen LogP contribution in [0.5, 0.6) is 0 Å². The zero-order valence-corrected chi connectivity index (χ0v) is 13.8. The highest BCUT2D eigenvalue weighted by Gasteiger charge is 2.23. The quantitative estimate of drug-likeness (QED) is 0.905. The lowest BCUT2D eigenvalue weighted by Crippen LogP contribution is -2.43. The van der Waals surface area contributed by atoms with Crippen LogP contribution in [0.3, 0.4) is 0 Å². The van der Waals surface area contributed by atoms with Crippen molar-refractivity contribution in [3.63, 3.8) is 0 Å². The number of anilines is 2. The second kappa shape index (κ2) is 6.56. The van der Waals surface area contributed by atoms with Crippen LogP contribution >= 0.6 is 15.9 Å². The van der Waals surface area contributed by atoms with Crippen LogP contribution in [-0.2, 0) is 0 Å².